The second-order valence-electron chi connectivity index (χ2n) is 8.53. The molecule has 10 nitrogen and oxygen atoms in total. The minimum Gasteiger partial charge on any atom is -0.383 e. The number of hydrogen-bond donors (Lipinski definition) is 3. The SMILES string of the molecule is CNC(=O)c1cc(C)c(-c2cc3cc(NC(=O)[C@H]4C[C@@H]4c4cnn(C)c4)ncc3c(N)n2)cn1. The first-order valence-electron chi connectivity index (χ1n) is 10.9. The van der Waals surface area contributed by atoms with Crippen molar-refractivity contribution in [3.05, 3.63) is 59.8 Å². The standard InChI is InChI=1S/C24H24N8O2/c1-12-4-20(24(34)26-2)27-9-17(12)19-5-13-6-21(28-10-18(13)22(25)30-19)31-23(33)16-7-15(16)14-8-29-32(3)11-14/h4-6,8-11,15-16H,7H2,1-3H3,(H2,25,30)(H,26,34)(H,28,31,33)/t15-,16+/m1/s1. The predicted molar refractivity (Wildman–Crippen MR) is 128 cm³/mol. The van der Waals surface area contributed by atoms with Gasteiger partial charge in [0.25, 0.3) is 5.91 Å². The van der Waals surface area contributed by atoms with Crippen LogP contribution in [0.4, 0.5) is 11.6 Å². The summed E-state index contributed by atoms with van der Waals surface area (Å²) in [6.45, 7) is 1.89. The van der Waals surface area contributed by atoms with Crippen molar-refractivity contribution in [2.75, 3.05) is 18.1 Å². The molecule has 0 radical (unpaired) electrons. The lowest BCUT2D eigenvalue weighted by molar-refractivity contribution is -0.117. The van der Waals surface area contributed by atoms with Crippen LogP contribution in [0.1, 0.15) is 34.0 Å². The molecule has 0 saturated heterocycles. The quantitative estimate of drug-likeness (QED) is 0.419. The van der Waals surface area contributed by atoms with Gasteiger partial charge >= 0.3 is 0 Å². The van der Waals surface area contributed by atoms with E-state index < -0.39 is 0 Å². The number of carbonyl (C=O) groups excluding carboxylic acids is 2. The number of nitrogen functional groups attached to an aromatic ring is 1. The maximum Gasteiger partial charge on any atom is 0.269 e. The molecule has 0 spiro atoms. The van der Waals surface area contributed by atoms with Gasteiger partial charge in [0.2, 0.25) is 5.91 Å². The van der Waals surface area contributed by atoms with Crippen molar-refractivity contribution in [2.24, 2.45) is 13.0 Å². The largest absolute Gasteiger partial charge is 0.383 e. The summed E-state index contributed by atoms with van der Waals surface area (Å²) >= 11 is 0. The number of amides is 2. The van der Waals surface area contributed by atoms with Crippen LogP contribution in [0, 0.1) is 12.8 Å². The molecule has 172 valence electrons. The number of aromatic nitrogens is 5. The van der Waals surface area contributed by atoms with Crippen molar-refractivity contribution in [3.63, 3.8) is 0 Å². The Balaban J connectivity index is 1.40. The number of pyridine rings is 3. The lowest BCUT2D eigenvalue weighted by Crippen LogP contribution is -2.19. The van der Waals surface area contributed by atoms with E-state index in [0.717, 1.165) is 28.5 Å². The fourth-order valence-corrected chi connectivity index (χ4v) is 4.16. The first-order valence-corrected chi connectivity index (χ1v) is 10.9. The summed E-state index contributed by atoms with van der Waals surface area (Å²) in [5, 5.41) is 11.2. The number of hydrogen-bond acceptors (Lipinski definition) is 7. The summed E-state index contributed by atoms with van der Waals surface area (Å²) in [5.41, 5.74) is 9.85. The van der Waals surface area contributed by atoms with Gasteiger partial charge in [-0.05, 0) is 54.0 Å². The molecular weight excluding hydrogens is 432 g/mol. The van der Waals surface area contributed by atoms with Crippen molar-refractivity contribution in [1.82, 2.24) is 30.0 Å². The van der Waals surface area contributed by atoms with Gasteiger partial charge in [-0.25, -0.2) is 9.97 Å². The third-order valence-corrected chi connectivity index (χ3v) is 6.12. The molecule has 1 fully saturated rings. The maximum absolute atomic E-state index is 12.8. The van der Waals surface area contributed by atoms with Crippen LogP contribution < -0.4 is 16.4 Å². The second kappa shape index (κ2) is 8.22. The van der Waals surface area contributed by atoms with Crippen molar-refractivity contribution in [3.8, 4) is 11.3 Å². The molecule has 4 aromatic rings. The van der Waals surface area contributed by atoms with Gasteiger partial charge in [0, 0.05) is 49.6 Å². The molecule has 1 saturated carbocycles. The van der Waals surface area contributed by atoms with Gasteiger partial charge in [0.1, 0.15) is 17.3 Å². The summed E-state index contributed by atoms with van der Waals surface area (Å²) < 4.78 is 1.74. The average Bonchev–Trinajstić information content (AvgIpc) is 3.51. The van der Waals surface area contributed by atoms with Gasteiger partial charge in [-0.15, -0.1) is 0 Å². The number of nitrogens with two attached hydrogens (primary N) is 1. The Hall–Kier alpha value is -4.34. The topological polar surface area (TPSA) is 141 Å². The zero-order chi connectivity index (χ0) is 24.0. The van der Waals surface area contributed by atoms with Gasteiger partial charge in [-0.1, -0.05) is 0 Å². The summed E-state index contributed by atoms with van der Waals surface area (Å²) in [6.07, 6.45) is 7.78. The van der Waals surface area contributed by atoms with Crippen molar-refractivity contribution in [2.45, 2.75) is 19.3 Å². The first-order chi connectivity index (χ1) is 16.3. The van der Waals surface area contributed by atoms with E-state index in [1.54, 1.807) is 36.3 Å². The second-order valence-corrected chi connectivity index (χ2v) is 8.53. The lowest BCUT2D eigenvalue weighted by Gasteiger charge is -2.11. The Labute approximate surface area is 195 Å². The van der Waals surface area contributed by atoms with E-state index in [2.05, 4.69) is 30.7 Å². The van der Waals surface area contributed by atoms with Gasteiger partial charge in [0.05, 0.1) is 11.9 Å². The van der Waals surface area contributed by atoms with Crippen LogP contribution in [0.25, 0.3) is 22.0 Å². The average molecular weight is 457 g/mol. The molecule has 5 rings (SSSR count). The third-order valence-electron chi connectivity index (χ3n) is 6.12. The third kappa shape index (κ3) is 3.94. The Morgan fingerprint density at radius 1 is 1.15 bits per heavy atom. The monoisotopic (exact) mass is 456 g/mol. The molecular formula is C24H24N8O2. The van der Waals surface area contributed by atoms with Crippen molar-refractivity contribution >= 4 is 34.2 Å². The summed E-state index contributed by atoms with van der Waals surface area (Å²) in [7, 11) is 3.42. The van der Waals surface area contributed by atoms with Crippen molar-refractivity contribution in [1.29, 1.82) is 0 Å². The van der Waals surface area contributed by atoms with Crippen LogP contribution in [-0.4, -0.2) is 43.6 Å². The number of fused-ring (bicyclic) bond motifs is 1. The number of anilines is 2. The molecule has 0 aliphatic heterocycles. The van der Waals surface area contributed by atoms with Crippen LogP contribution in [0.5, 0.6) is 0 Å². The van der Waals surface area contributed by atoms with Crippen LogP contribution in [-0.2, 0) is 11.8 Å². The molecule has 4 N–H and O–H groups in total. The zero-order valence-electron chi connectivity index (χ0n) is 19.0. The molecule has 10 heteroatoms. The van der Waals surface area contributed by atoms with E-state index in [1.165, 1.54) is 0 Å². The van der Waals surface area contributed by atoms with Crippen LogP contribution >= 0.6 is 0 Å². The summed E-state index contributed by atoms with van der Waals surface area (Å²) in [5.74, 6) is 0.560. The highest BCUT2D eigenvalue weighted by atomic mass is 16.2. The van der Waals surface area contributed by atoms with Crippen LogP contribution in [0.15, 0.2) is 43.0 Å². The van der Waals surface area contributed by atoms with Gasteiger partial charge in [-0.2, -0.15) is 5.10 Å². The molecule has 0 aromatic carbocycles. The van der Waals surface area contributed by atoms with Crippen LogP contribution in [0.3, 0.4) is 0 Å². The van der Waals surface area contributed by atoms with Crippen molar-refractivity contribution < 1.29 is 9.59 Å². The smallest absolute Gasteiger partial charge is 0.269 e. The zero-order valence-corrected chi connectivity index (χ0v) is 19.0. The fourth-order valence-electron chi connectivity index (χ4n) is 4.16. The number of nitrogens with zero attached hydrogens (tertiary/aromatic N) is 5. The summed E-state index contributed by atoms with van der Waals surface area (Å²) in [4.78, 5) is 37.7. The molecule has 34 heavy (non-hydrogen) atoms. The van der Waals surface area contributed by atoms with Gasteiger partial charge in [0.15, 0.2) is 0 Å². The summed E-state index contributed by atoms with van der Waals surface area (Å²) in [6, 6.07) is 5.38. The predicted octanol–water partition coefficient (Wildman–Crippen LogP) is 2.42. The minimum atomic E-state index is -0.256. The number of nitrogens with one attached hydrogen (secondary N) is 2. The van der Waals surface area contributed by atoms with E-state index in [0.29, 0.717) is 28.4 Å². The maximum atomic E-state index is 12.8. The first kappa shape index (κ1) is 21.5. The molecule has 2 atom stereocenters. The Morgan fingerprint density at radius 2 is 1.97 bits per heavy atom. The molecule has 1 aliphatic carbocycles. The molecule has 4 heterocycles. The fraction of sp³-hybridized carbons (Fsp3) is 0.250. The molecule has 4 aromatic heterocycles. The molecule has 1 aliphatic rings. The van der Waals surface area contributed by atoms with E-state index >= 15 is 0 Å². The highest BCUT2D eigenvalue weighted by molar-refractivity contribution is 5.99. The molecule has 2 amide bonds. The lowest BCUT2D eigenvalue weighted by atomic mass is 10.0. The Kier molecular flexibility index (Phi) is 5.20. The normalized spacial score (nSPS) is 16.9. The minimum absolute atomic E-state index is 0.0622. The number of carbonyl (C=O) groups is 2. The molecule has 0 bridgehead atoms. The number of aryl methyl sites for hydroxylation is 2. The van der Waals surface area contributed by atoms with E-state index in [-0.39, 0.29) is 23.7 Å². The van der Waals surface area contributed by atoms with E-state index in [9.17, 15) is 9.59 Å². The van der Waals surface area contributed by atoms with Gasteiger partial charge in [-0.3, -0.25) is 19.3 Å². The van der Waals surface area contributed by atoms with Crippen LogP contribution in [0.2, 0.25) is 0 Å². The highest BCUT2D eigenvalue weighted by Gasteiger charge is 2.44. The Bertz CT molecular complexity index is 1440. The van der Waals surface area contributed by atoms with Gasteiger partial charge < -0.3 is 16.4 Å². The van der Waals surface area contributed by atoms with E-state index in [1.807, 2.05) is 32.4 Å². The van der Waals surface area contributed by atoms with E-state index in [4.69, 9.17) is 5.73 Å². The number of rotatable bonds is 5. The molecule has 0 unspecified atom stereocenters. The Morgan fingerprint density at radius 3 is 2.68 bits per heavy atom. The highest BCUT2D eigenvalue weighted by Crippen LogP contribution is 2.47.